The molecule has 2 saturated heterocycles. The van der Waals surface area contributed by atoms with Gasteiger partial charge in [0.2, 0.25) is 0 Å². The van der Waals surface area contributed by atoms with Crippen molar-refractivity contribution in [2.75, 3.05) is 31.5 Å². The number of likely N-dealkylation sites (tertiary alicyclic amines) is 1. The number of anilines is 1. The molecule has 4 amide bonds. The van der Waals surface area contributed by atoms with E-state index in [1.165, 1.54) is 0 Å². The number of carbonyl (C=O) groups is 2. The third-order valence-electron chi connectivity index (χ3n) is 4.04. The third-order valence-corrected chi connectivity index (χ3v) is 4.04. The molecule has 1 aromatic rings. The van der Waals surface area contributed by atoms with Gasteiger partial charge < -0.3 is 20.4 Å². The molecule has 0 bridgehead atoms. The van der Waals surface area contributed by atoms with Crippen LogP contribution in [-0.4, -0.2) is 54.1 Å². The Morgan fingerprint density at radius 3 is 2.76 bits per heavy atom. The highest BCUT2D eigenvalue weighted by molar-refractivity contribution is 5.89. The van der Waals surface area contributed by atoms with Crippen LogP contribution in [0.15, 0.2) is 30.3 Å². The summed E-state index contributed by atoms with van der Waals surface area (Å²) >= 11 is 0. The fourth-order valence-electron chi connectivity index (χ4n) is 2.95. The summed E-state index contributed by atoms with van der Waals surface area (Å²) in [6, 6.07) is 9.46. The highest BCUT2D eigenvalue weighted by Crippen LogP contribution is 2.18. The second-order valence-electron chi connectivity index (χ2n) is 5.46. The van der Waals surface area contributed by atoms with Crippen LogP contribution in [0.4, 0.5) is 15.3 Å². The molecule has 2 heterocycles. The zero-order valence-corrected chi connectivity index (χ0v) is 11.9. The first-order chi connectivity index (χ1) is 10.2. The highest BCUT2D eigenvalue weighted by atomic mass is 16.2. The minimum atomic E-state index is -0.0921. The average Bonchev–Trinajstić information content (AvgIpc) is 2.94. The molecule has 0 aliphatic carbocycles. The molecule has 1 aromatic carbocycles. The van der Waals surface area contributed by atoms with Crippen molar-refractivity contribution in [2.45, 2.75) is 18.9 Å². The fraction of sp³-hybridized carbons (Fsp3) is 0.467. The molecule has 2 fully saturated rings. The van der Waals surface area contributed by atoms with Crippen LogP contribution in [0, 0.1) is 0 Å². The van der Waals surface area contributed by atoms with Gasteiger partial charge in [0.1, 0.15) is 0 Å². The summed E-state index contributed by atoms with van der Waals surface area (Å²) in [4.78, 5) is 27.7. The molecular weight excluding hydrogens is 268 g/mol. The Hall–Kier alpha value is -2.24. The summed E-state index contributed by atoms with van der Waals surface area (Å²) in [5.41, 5.74) is 0.795. The molecule has 112 valence electrons. The molecule has 21 heavy (non-hydrogen) atoms. The Morgan fingerprint density at radius 2 is 2.05 bits per heavy atom. The number of rotatable bonds is 2. The number of nitrogens with zero attached hydrogens (tertiary/aromatic N) is 2. The quantitative estimate of drug-likeness (QED) is 0.870. The van der Waals surface area contributed by atoms with Crippen LogP contribution in [0.25, 0.3) is 0 Å². The third kappa shape index (κ3) is 3.09. The second kappa shape index (κ2) is 6.03. The van der Waals surface area contributed by atoms with Gasteiger partial charge in [-0.2, -0.15) is 0 Å². The zero-order valence-electron chi connectivity index (χ0n) is 11.9. The predicted molar refractivity (Wildman–Crippen MR) is 80.2 cm³/mol. The van der Waals surface area contributed by atoms with Crippen molar-refractivity contribution in [1.82, 2.24) is 15.1 Å². The first kappa shape index (κ1) is 13.7. The van der Waals surface area contributed by atoms with Crippen LogP contribution in [-0.2, 0) is 0 Å². The number of hydrogen-bond acceptors (Lipinski definition) is 2. The van der Waals surface area contributed by atoms with Crippen LogP contribution < -0.4 is 10.6 Å². The molecule has 0 spiro atoms. The molecule has 6 heteroatoms. The first-order valence-corrected chi connectivity index (χ1v) is 7.39. The average molecular weight is 288 g/mol. The van der Waals surface area contributed by atoms with Crippen molar-refractivity contribution >= 4 is 17.7 Å². The maximum absolute atomic E-state index is 12.3. The summed E-state index contributed by atoms with van der Waals surface area (Å²) in [5, 5.41) is 5.72. The van der Waals surface area contributed by atoms with Crippen molar-refractivity contribution < 1.29 is 9.59 Å². The van der Waals surface area contributed by atoms with Gasteiger partial charge in [-0.1, -0.05) is 18.2 Å². The van der Waals surface area contributed by atoms with Crippen LogP contribution in [0.5, 0.6) is 0 Å². The predicted octanol–water partition coefficient (Wildman–Crippen LogP) is 1.71. The lowest BCUT2D eigenvalue weighted by molar-refractivity contribution is 0.139. The number of hydrogen-bond donors (Lipinski definition) is 2. The Kier molecular flexibility index (Phi) is 3.94. The first-order valence-electron chi connectivity index (χ1n) is 7.39. The smallest absolute Gasteiger partial charge is 0.321 e. The van der Waals surface area contributed by atoms with E-state index in [4.69, 9.17) is 0 Å². The van der Waals surface area contributed by atoms with E-state index in [1.807, 2.05) is 35.2 Å². The fourth-order valence-corrected chi connectivity index (χ4v) is 2.95. The van der Waals surface area contributed by atoms with Crippen molar-refractivity contribution in [3.05, 3.63) is 30.3 Å². The molecule has 2 aliphatic heterocycles. The number of amides is 4. The van der Waals surface area contributed by atoms with Crippen LogP contribution in [0.2, 0.25) is 0 Å². The van der Waals surface area contributed by atoms with E-state index in [9.17, 15) is 9.59 Å². The van der Waals surface area contributed by atoms with Gasteiger partial charge in [0.15, 0.2) is 0 Å². The van der Waals surface area contributed by atoms with Crippen LogP contribution in [0.3, 0.4) is 0 Å². The lowest BCUT2D eigenvalue weighted by Gasteiger charge is -2.36. The maximum atomic E-state index is 12.3. The summed E-state index contributed by atoms with van der Waals surface area (Å²) < 4.78 is 0. The molecule has 0 radical (unpaired) electrons. The van der Waals surface area contributed by atoms with Crippen LogP contribution in [0.1, 0.15) is 12.8 Å². The van der Waals surface area contributed by atoms with Gasteiger partial charge in [0.25, 0.3) is 0 Å². The number of urea groups is 2. The maximum Gasteiger partial charge on any atom is 0.321 e. The largest absolute Gasteiger partial charge is 0.336 e. The molecule has 2 aliphatic rings. The standard InChI is InChI=1S/C15H20N4O2/c20-14-16-8-10-19(14)13-7-4-9-18(11-13)15(21)17-12-5-2-1-3-6-12/h1-3,5-6,13H,4,7-11H2,(H,16,20)(H,17,21). The molecule has 2 N–H and O–H groups in total. The van der Waals surface area contributed by atoms with Gasteiger partial charge in [-0.3, -0.25) is 0 Å². The van der Waals surface area contributed by atoms with Crippen molar-refractivity contribution in [3.63, 3.8) is 0 Å². The lowest BCUT2D eigenvalue weighted by atomic mass is 10.0. The minimum absolute atomic E-state index is 0.00897. The van der Waals surface area contributed by atoms with Crippen molar-refractivity contribution in [1.29, 1.82) is 0 Å². The van der Waals surface area contributed by atoms with Gasteiger partial charge in [0.05, 0.1) is 6.04 Å². The number of piperidine rings is 1. The summed E-state index contributed by atoms with van der Waals surface area (Å²) in [5.74, 6) is 0. The topological polar surface area (TPSA) is 64.7 Å². The number of para-hydroxylation sites is 1. The summed E-state index contributed by atoms with van der Waals surface area (Å²) in [7, 11) is 0. The van der Waals surface area contributed by atoms with E-state index < -0.39 is 0 Å². The molecule has 0 aromatic heterocycles. The zero-order chi connectivity index (χ0) is 14.7. The normalized spacial score (nSPS) is 22.1. The number of nitrogens with one attached hydrogen (secondary N) is 2. The van der Waals surface area contributed by atoms with Crippen LogP contribution >= 0.6 is 0 Å². The highest BCUT2D eigenvalue weighted by Gasteiger charge is 2.32. The van der Waals surface area contributed by atoms with E-state index >= 15 is 0 Å². The SMILES string of the molecule is O=C(Nc1ccccc1)N1CCCC(N2CCNC2=O)C1. The molecule has 1 atom stereocenters. The Bertz CT molecular complexity index is 520. The molecule has 1 unspecified atom stereocenters. The van der Waals surface area contributed by atoms with Gasteiger partial charge in [-0.25, -0.2) is 9.59 Å². The number of benzene rings is 1. The molecule has 0 saturated carbocycles. The van der Waals surface area contributed by atoms with Gasteiger partial charge >= 0.3 is 12.1 Å². The Labute approximate surface area is 124 Å². The van der Waals surface area contributed by atoms with E-state index in [0.29, 0.717) is 13.1 Å². The second-order valence-corrected chi connectivity index (χ2v) is 5.46. The van der Waals surface area contributed by atoms with Crippen molar-refractivity contribution in [3.8, 4) is 0 Å². The van der Waals surface area contributed by atoms with E-state index in [1.54, 1.807) is 4.90 Å². The minimum Gasteiger partial charge on any atom is -0.336 e. The van der Waals surface area contributed by atoms with Gasteiger partial charge in [-0.05, 0) is 25.0 Å². The molecule has 3 rings (SSSR count). The number of carbonyl (C=O) groups excluding carboxylic acids is 2. The Morgan fingerprint density at radius 1 is 1.24 bits per heavy atom. The van der Waals surface area contributed by atoms with E-state index in [-0.39, 0.29) is 18.1 Å². The van der Waals surface area contributed by atoms with E-state index in [0.717, 1.165) is 31.6 Å². The van der Waals surface area contributed by atoms with Gasteiger partial charge in [0, 0.05) is 31.9 Å². The molecule has 6 nitrogen and oxygen atoms in total. The Balaban J connectivity index is 1.60. The monoisotopic (exact) mass is 288 g/mol. The van der Waals surface area contributed by atoms with Crippen molar-refractivity contribution in [2.24, 2.45) is 0 Å². The lowest BCUT2D eigenvalue weighted by Crippen LogP contribution is -2.51. The van der Waals surface area contributed by atoms with Gasteiger partial charge in [-0.15, -0.1) is 0 Å². The van der Waals surface area contributed by atoms with E-state index in [2.05, 4.69) is 10.6 Å². The molecular formula is C15H20N4O2. The summed E-state index contributed by atoms with van der Waals surface area (Å²) in [6.07, 6.45) is 1.89. The summed E-state index contributed by atoms with van der Waals surface area (Å²) in [6.45, 7) is 2.78.